The van der Waals surface area contributed by atoms with E-state index in [4.69, 9.17) is 11.6 Å². The molecule has 0 bridgehead atoms. The first-order valence-electron chi connectivity index (χ1n) is 8.21. The number of nitrogens with zero attached hydrogens (tertiary/aromatic N) is 4. The lowest BCUT2D eigenvalue weighted by Gasteiger charge is -2.36. The maximum Gasteiger partial charge on any atom is 0.522 e. The zero-order valence-corrected chi connectivity index (χ0v) is 16.7. The number of anilines is 1. The molecule has 0 aliphatic carbocycles. The van der Waals surface area contributed by atoms with Crippen LogP contribution in [0.25, 0.3) is 0 Å². The highest BCUT2D eigenvalue weighted by atomic mass is 35.5. The minimum atomic E-state index is -4.98. The van der Waals surface area contributed by atoms with Gasteiger partial charge in [-0.2, -0.15) is 17.5 Å². The molecule has 7 nitrogen and oxygen atoms in total. The zero-order chi connectivity index (χ0) is 22.2. The van der Waals surface area contributed by atoms with Gasteiger partial charge in [-0.15, -0.1) is 13.2 Å². The van der Waals surface area contributed by atoms with Crippen LogP contribution in [-0.4, -0.2) is 66.6 Å². The van der Waals surface area contributed by atoms with Crippen molar-refractivity contribution in [2.24, 2.45) is 0 Å². The molecule has 1 aliphatic heterocycles. The van der Waals surface area contributed by atoms with Crippen molar-refractivity contribution >= 4 is 27.6 Å². The lowest BCUT2D eigenvalue weighted by Crippen LogP contribution is -2.53. The van der Waals surface area contributed by atoms with E-state index in [0.717, 1.165) is 18.2 Å². The van der Waals surface area contributed by atoms with Gasteiger partial charge in [-0.3, -0.25) is 4.74 Å². The fourth-order valence-corrected chi connectivity index (χ4v) is 4.48. The summed E-state index contributed by atoms with van der Waals surface area (Å²) < 4.78 is 105. The van der Waals surface area contributed by atoms with Crippen molar-refractivity contribution in [3.8, 4) is 0 Å². The van der Waals surface area contributed by atoms with Gasteiger partial charge in [-0.05, 0) is 13.8 Å². The van der Waals surface area contributed by atoms with E-state index in [1.165, 1.54) is 4.90 Å². The predicted octanol–water partition coefficient (Wildman–Crippen LogP) is 2.91. The Balaban J connectivity index is 2.09. The normalized spacial score (nSPS) is 19.3. The van der Waals surface area contributed by atoms with Crippen LogP contribution in [0.1, 0.15) is 19.5 Å². The molecular formula is C14H17ClF6N4O3S. The molecule has 2 rings (SSSR count). The second kappa shape index (κ2) is 8.40. The minimum Gasteiger partial charge on any atom is -0.338 e. The highest BCUT2D eigenvalue weighted by molar-refractivity contribution is 7.89. The van der Waals surface area contributed by atoms with E-state index in [1.807, 2.05) is 0 Å². The molecule has 15 heteroatoms. The summed E-state index contributed by atoms with van der Waals surface area (Å²) in [5, 5.41) is -1.92. The quantitative estimate of drug-likeness (QED) is 0.486. The first kappa shape index (κ1) is 23.9. The van der Waals surface area contributed by atoms with E-state index >= 15 is 0 Å². The number of aromatic nitrogens is 2. The van der Waals surface area contributed by atoms with Crippen molar-refractivity contribution in [1.82, 2.24) is 14.3 Å². The lowest BCUT2D eigenvalue weighted by atomic mass is 10.3. The molecule has 0 N–H and O–H groups in total. The van der Waals surface area contributed by atoms with Crippen LogP contribution in [0.5, 0.6) is 0 Å². The van der Waals surface area contributed by atoms with E-state index in [1.54, 1.807) is 0 Å². The summed E-state index contributed by atoms with van der Waals surface area (Å²) in [7, 11) is -4.14. The Morgan fingerprint density at radius 2 is 1.62 bits per heavy atom. The van der Waals surface area contributed by atoms with Gasteiger partial charge in [0.05, 0.1) is 11.4 Å². The first-order valence-corrected chi connectivity index (χ1v) is 10.1. The summed E-state index contributed by atoms with van der Waals surface area (Å²) in [5.41, 5.74) is -1.24. The second-order valence-corrected chi connectivity index (χ2v) is 8.96. The molecule has 1 aromatic rings. The van der Waals surface area contributed by atoms with Crippen LogP contribution >= 0.6 is 11.6 Å². The Kier molecular flexibility index (Phi) is 6.92. The van der Waals surface area contributed by atoms with Crippen molar-refractivity contribution in [2.75, 3.05) is 31.1 Å². The summed E-state index contributed by atoms with van der Waals surface area (Å²) >= 11 is 5.62. The Bertz CT molecular complexity index is 828. The van der Waals surface area contributed by atoms with Crippen molar-refractivity contribution in [3.05, 3.63) is 16.9 Å². The molecule has 2 heterocycles. The number of hydrogen-bond acceptors (Lipinski definition) is 6. The van der Waals surface area contributed by atoms with Crippen molar-refractivity contribution < 1.29 is 39.5 Å². The molecule has 1 aromatic heterocycles. The molecule has 166 valence electrons. The van der Waals surface area contributed by atoms with Crippen LogP contribution < -0.4 is 4.90 Å². The first-order chi connectivity index (χ1) is 13.1. The van der Waals surface area contributed by atoms with Gasteiger partial charge in [0.1, 0.15) is 5.15 Å². The van der Waals surface area contributed by atoms with Gasteiger partial charge in [0.15, 0.2) is 5.69 Å². The molecule has 0 saturated carbocycles. The number of hydrogen-bond donors (Lipinski definition) is 0. The molecule has 0 amide bonds. The summed E-state index contributed by atoms with van der Waals surface area (Å²) in [6.45, 7) is 1.58. The number of alkyl halides is 6. The SMILES string of the molecule is CC([C@@H](C)OC(F)(F)F)S(=O)(=O)N1CCN(c2nc(Cl)cc(C(F)(F)F)n2)CC1. The van der Waals surface area contributed by atoms with Crippen molar-refractivity contribution in [3.63, 3.8) is 0 Å². The number of sulfonamides is 1. The van der Waals surface area contributed by atoms with Gasteiger partial charge in [0, 0.05) is 32.2 Å². The molecule has 1 unspecified atom stereocenters. The standard InChI is InChI=1S/C14H17ClF6N4O3S/c1-8(28-14(19,20)21)9(2)29(26,27)25-5-3-24(4-6-25)12-22-10(13(16,17)18)7-11(15)23-12/h7-9H,3-6H2,1-2H3/t8-,9?/m1/s1. The topological polar surface area (TPSA) is 75.6 Å². The van der Waals surface area contributed by atoms with Crippen molar-refractivity contribution in [2.45, 2.75) is 37.7 Å². The highest BCUT2D eigenvalue weighted by Crippen LogP contribution is 2.31. The van der Waals surface area contributed by atoms with Gasteiger partial charge in [-0.1, -0.05) is 11.6 Å². The Hall–Kier alpha value is -1.38. The monoisotopic (exact) mass is 470 g/mol. The van der Waals surface area contributed by atoms with E-state index in [9.17, 15) is 34.8 Å². The average molecular weight is 471 g/mol. The third-order valence-electron chi connectivity index (χ3n) is 4.31. The number of halogens is 7. The van der Waals surface area contributed by atoms with Gasteiger partial charge >= 0.3 is 12.5 Å². The number of ether oxygens (including phenoxy) is 1. The summed E-state index contributed by atoms with van der Waals surface area (Å²) in [4.78, 5) is 8.45. The maximum atomic E-state index is 12.9. The smallest absolute Gasteiger partial charge is 0.338 e. The van der Waals surface area contributed by atoms with Crippen LogP contribution in [0, 0.1) is 0 Å². The number of rotatable bonds is 5. The largest absolute Gasteiger partial charge is 0.522 e. The third-order valence-corrected chi connectivity index (χ3v) is 6.91. The molecule has 1 fully saturated rings. The molecule has 1 saturated heterocycles. The molecule has 1 aliphatic rings. The van der Waals surface area contributed by atoms with Gasteiger partial charge in [0.2, 0.25) is 16.0 Å². The van der Waals surface area contributed by atoms with Gasteiger partial charge < -0.3 is 4.90 Å². The summed E-state index contributed by atoms with van der Waals surface area (Å²) in [6.07, 6.45) is -11.4. The fourth-order valence-electron chi connectivity index (χ4n) is 2.62. The minimum absolute atomic E-state index is 0.0713. The summed E-state index contributed by atoms with van der Waals surface area (Å²) in [6, 6.07) is 0.565. The van der Waals surface area contributed by atoms with E-state index in [-0.39, 0.29) is 32.1 Å². The van der Waals surface area contributed by atoms with Crippen LogP contribution in [-0.2, 0) is 20.9 Å². The predicted molar refractivity (Wildman–Crippen MR) is 90.8 cm³/mol. The van der Waals surface area contributed by atoms with Crippen LogP contribution in [0.3, 0.4) is 0 Å². The van der Waals surface area contributed by atoms with Crippen molar-refractivity contribution in [1.29, 1.82) is 0 Å². The molecular weight excluding hydrogens is 454 g/mol. The Morgan fingerprint density at radius 1 is 1.07 bits per heavy atom. The fraction of sp³-hybridized carbons (Fsp3) is 0.714. The Morgan fingerprint density at radius 3 is 2.10 bits per heavy atom. The van der Waals surface area contributed by atoms with E-state index in [2.05, 4.69) is 14.7 Å². The third kappa shape index (κ3) is 6.06. The Labute approximate surface area is 167 Å². The average Bonchev–Trinajstić information content (AvgIpc) is 2.58. The lowest BCUT2D eigenvalue weighted by molar-refractivity contribution is -0.339. The molecule has 29 heavy (non-hydrogen) atoms. The molecule has 0 spiro atoms. The highest BCUT2D eigenvalue weighted by Gasteiger charge is 2.41. The molecule has 2 atom stereocenters. The number of piperazine rings is 1. The van der Waals surface area contributed by atoms with E-state index < -0.39 is 44.8 Å². The summed E-state index contributed by atoms with van der Waals surface area (Å²) in [5.74, 6) is -0.316. The molecule has 0 aromatic carbocycles. The van der Waals surface area contributed by atoms with Crippen LogP contribution in [0.2, 0.25) is 5.15 Å². The second-order valence-electron chi connectivity index (χ2n) is 6.28. The van der Waals surface area contributed by atoms with Crippen LogP contribution in [0.4, 0.5) is 32.3 Å². The zero-order valence-electron chi connectivity index (χ0n) is 15.1. The van der Waals surface area contributed by atoms with Gasteiger partial charge in [-0.25, -0.2) is 18.4 Å². The van der Waals surface area contributed by atoms with Crippen LogP contribution in [0.15, 0.2) is 6.07 Å². The van der Waals surface area contributed by atoms with E-state index in [0.29, 0.717) is 6.07 Å². The molecule has 0 radical (unpaired) electrons. The van der Waals surface area contributed by atoms with Gasteiger partial charge in [0.25, 0.3) is 0 Å². The maximum absolute atomic E-state index is 12.9.